The van der Waals surface area contributed by atoms with E-state index in [-0.39, 0.29) is 28.8 Å². The first kappa shape index (κ1) is 20.7. The summed E-state index contributed by atoms with van der Waals surface area (Å²) in [6.45, 7) is 4.23. The van der Waals surface area contributed by atoms with Crippen LogP contribution in [0.1, 0.15) is 48.7 Å². The fourth-order valence-corrected chi connectivity index (χ4v) is 5.16. The second-order valence-electron chi connectivity index (χ2n) is 9.01. The highest BCUT2D eigenvalue weighted by Crippen LogP contribution is 2.45. The molecule has 3 aromatic rings. The number of Topliss-reactive ketones (excluding diaryl/α,β-unsaturated/α-hetero) is 2. The third kappa shape index (κ3) is 3.88. The van der Waals surface area contributed by atoms with E-state index in [4.69, 9.17) is 5.10 Å². The predicted molar refractivity (Wildman–Crippen MR) is 125 cm³/mol. The number of ketones is 2. The van der Waals surface area contributed by atoms with Gasteiger partial charge in [0.25, 0.3) is 0 Å². The van der Waals surface area contributed by atoms with E-state index in [1.54, 1.807) is 4.68 Å². The predicted octanol–water partition coefficient (Wildman–Crippen LogP) is 4.91. The third-order valence-electron chi connectivity index (χ3n) is 5.86. The normalized spacial score (nSPS) is 19.2. The zero-order chi connectivity index (χ0) is 22.3. The molecule has 2 aliphatic rings. The molecule has 0 amide bonds. The largest absolute Gasteiger partial charge is 0.328 e. The number of carbonyl (C=O) groups excluding carboxylic acids is 2. The number of fused-ring (bicyclic) bond motifs is 1. The number of anilines is 1. The van der Waals surface area contributed by atoms with Gasteiger partial charge in [-0.25, -0.2) is 4.68 Å². The molecule has 1 atom stereocenters. The van der Waals surface area contributed by atoms with Crippen molar-refractivity contribution in [3.63, 3.8) is 0 Å². The third-order valence-corrected chi connectivity index (χ3v) is 6.69. The number of hydrogen-bond donors (Lipinski definition) is 1. The summed E-state index contributed by atoms with van der Waals surface area (Å²) >= 11 is 1.31. The molecule has 7 heteroatoms. The number of hydrogen-bond acceptors (Lipinski definition) is 6. The van der Waals surface area contributed by atoms with E-state index in [2.05, 4.69) is 24.1 Å². The number of rotatable bonds is 5. The Labute approximate surface area is 191 Å². The molecule has 1 aromatic heterocycles. The highest BCUT2D eigenvalue weighted by molar-refractivity contribution is 7.99. The van der Waals surface area contributed by atoms with Gasteiger partial charge in [0.05, 0.1) is 5.75 Å². The monoisotopic (exact) mass is 444 g/mol. The topological polar surface area (TPSA) is 76.9 Å². The second-order valence-corrected chi connectivity index (χ2v) is 9.95. The van der Waals surface area contributed by atoms with Crippen molar-refractivity contribution in [2.45, 2.75) is 37.9 Å². The molecule has 0 saturated carbocycles. The van der Waals surface area contributed by atoms with Crippen LogP contribution in [0.15, 0.2) is 77.1 Å². The zero-order valence-electron chi connectivity index (χ0n) is 18.0. The molecule has 1 N–H and O–H groups in total. The Kier molecular flexibility index (Phi) is 5.21. The second kappa shape index (κ2) is 8.06. The quantitative estimate of drug-likeness (QED) is 0.445. The summed E-state index contributed by atoms with van der Waals surface area (Å²) in [5.41, 5.74) is 3.26. The zero-order valence-corrected chi connectivity index (χ0v) is 18.9. The summed E-state index contributed by atoms with van der Waals surface area (Å²) in [6.07, 6.45) is 1.29. The smallest absolute Gasteiger partial charge is 0.227 e. The number of aromatic nitrogens is 3. The first-order chi connectivity index (χ1) is 15.4. The van der Waals surface area contributed by atoms with Crippen LogP contribution in [-0.4, -0.2) is 32.1 Å². The first-order valence-corrected chi connectivity index (χ1v) is 11.7. The van der Waals surface area contributed by atoms with Gasteiger partial charge in [-0.05, 0) is 17.4 Å². The molecule has 1 aliphatic heterocycles. The van der Waals surface area contributed by atoms with Crippen LogP contribution in [0.5, 0.6) is 0 Å². The first-order valence-electron chi connectivity index (χ1n) is 10.7. The van der Waals surface area contributed by atoms with E-state index in [1.807, 2.05) is 60.7 Å². The molecular weight excluding hydrogens is 420 g/mol. The van der Waals surface area contributed by atoms with Gasteiger partial charge in [-0.2, -0.15) is 4.98 Å². The average Bonchev–Trinajstić information content (AvgIpc) is 3.19. The fraction of sp³-hybridized carbons (Fsp3) is 0.280. The molecule has 162 valence electrons. The minimum Gasteiger partial charge on any atom is -0.328 e. The minimum absolute atomic E-state index is 0.0327. The van der Waals surface area contributed by atoms with E-state index in [0.717, 1.165) is 23.3 Å². The van der Waals surface area contributed by atoms with Gasteiger partial charge >= 0.3 is 0 Å². The summed E-state index contributed by atoms with van der Waals surface area (Å²) < 4.78 is 1.79. The molecular formula is C25H24N4O2S. The van der Waals surface area contributed by atoms with E-state index in [0.29, 0.717) is 23.1 Å². The number of benzene rings is 2. The fourth-order valence-electron chi connectivity index (χ4n) is 4.43. The van der Waals surface area contributed by atoms with E-state index in [9.17, 15) is 9.59 Å². The van der Waals surface area contributed by atoms with Crippen molar-refractivity contribution in [2.24, 2.45) is 5.41 Å². The summed E-state index contributed by atoms with van der Waals surface area (Å²) in [5, 5.41) is 8.60. The highest BCUT2D eigenvalue weighted by Gasteiger charge is 2.41. The number of nitrogens with zero attached hydrogens (tertiary/aromatic N) is 3. The molecule has 0 saturated heterocycles. The van der Waals surface area contributed by atoms with Gasteiger partial charge in [0.1, 0.15) is 6.04 Å². The Balaban J connectivity index is 1.48. The Morgan fingerprint density at radius 1 is 1.09 bits per heavy atom. The standard InChI is InChI=1S/C25H24N4O2S/c1-25(2)13-18-21(19(30)14-25)22(17-11-7-4-8-12-17)29-23(26-18)27-24(28-29)32-15-20(31)16-9-5-3-6-10-16/h3-12,22H,13-15H2,1-2H3,(H,26,27,28). The van der Waals surface area contributed by atoms with Crippen molar-refractivity contribution >= 4 is 29.3 Å². The van der Waals surface area contributed by atoms with Crippen LogP contribution >= 0.6 is 11.8 Å². The van der Waals surface area contributed by atoms with Crippen molar-refractivity contribution in [2.75, 3.05) is 11.1 Å². The SMILES string of the molecule is CC1(C)CC(=O)C2=C(C1)Nc1nc(SCC(=O)c3ccccc3)nn1C2c1ccccc1. The lowest BCUT2D eigenvalue weighted by Gasteiger charge is -2.38. The lowest BCUT2D eigenvalue weighted by atomic mass is 9.73. The Morgan fingerprint density at radius 3 is 2.50 bits per heavy atom. The summed E-state index contributed by atoms with van der Waals surface area (Å²) in [7, 11) is 0. The maximum atomic E-state index is 13.2. The molecule has 1 unspecified atom stereocenters. The minimum atomic E-state index is -0.322. The van der Waals surface area contributed by atoms with Crippen LogP contribution in [0.3, 0.4) is 0 Å². The molecule has 2 aromatic carbocycles. The molecule has 0 spiro atoms. The number of allylic oxidation sites excluding steroid dienone is 2. The van der Waals surface area contributed by atoms with Crippen molar-refractivity contribution in [3.05, 3.63) is 83.1 Å². The van der Waals surface area contributed by atoms with Crippen molar-refractivity contribution in [1.29, 1.82) is 0 Å². The molecule has 0 bridgehead atoms. The van der Waals surface area contributed by atoms with E-state index in [1.165, 1.54) is 11.8 Å². The summed E-state index contributed by atoms with van der Waals surface area (Å²) in [4.78, 5) is 30.4. The lowest BCUT2D eigenvalue weighted by molar-refractivity contribution is -0.118. The van der Waals surface area contributed by atoms with Gasteiger partial charge in [0, 0.05) is 23.3 Å². The van der Waals surface area contributed by atoms with Gasteiger partial charge in [-0.3, -0.25) is 9.59 Å². The number of thioether (sulfide) groups is 1. The average molecular weight is 445 g/mol. The Bertz CT molecular complexity index is 1220. The Morgan fingerprint density at radius 2 is 1.78 bits per heavy atom. The Hall–Kier alpha value is -3.19. The van der Waals surface area contributed by atoms with Gasteiger partial charge in [0.15, 0.2) is 11.6 Å². The summed E-state index contributed by atoms with van der Waals surface area (Å²) in [6, 6.07) is 18.8. The number of carbonyl (C=O) groups is 2. The molecule has 1 aliphatic carbocycles. The maximum Gasteiger partial charge on any atom is 0.227 e. The molecule has 6 nitrogen and oxygen atoms in total. The molecule has 2 heterocycles. The van der Waals surface area contributed by atoms with Crippen LogP contribution in [0.2, 0.25) is 0 Å². The highest BCUT2D eigenvalue weighted by atomic mass is 32.2. The van der Waals surface area contributed by atoms with Crippen LogP contribution in [-0.2, 0) is 4.79 Å². The molecule has 0 fully saturated rings. The van der Waals surface area contributed by atoms with E-state index < -0.39 is 0 Å². The van der Waals surface area contributed by atoms with Gasteiger partial charge in [-0.15, -0.1) is 5.10 Å². The van der Waals surface area contributed by atoms with Gasteiger partial charge < -0.3 is 5.32 Å². The van der Waals surface area contributed by atoms with Crippen molar-refractivity contribution in [3.8, 4) is 0 Å². The molecule has 5 rings (SSSR count). The molecule has 0 radical (unpaired) electrons. The van der Waals surface area contributed by atoms with Crippen molar-refractivity contribution in [1.82, 2.24) is 14.8 Å². The van der Waals surface area contributed by atoms with Crippen molar-refractivity contribution < 1.29 is 9.59 Å². The van der Waals surface area contributed by atoms with Crippen LogP contribution in [0.4, 0.5) is 5.95 Å². The summed E-state index contributed by atoms with van der Waals surface area (Å²) in [5.74, 6) is 1.04. The van der Waals surface area contributed by atoms with Crippen LogP contribution < -0.4 is 5.32 Å². The van der Waals surface area contributed by atoms with Crippen LogP contribution in [0, 0.1) is 5.41 Å². The molecule has 32 heavy (non-hydrogen) atoms. The van der Waals surface area contributed by atoms with Gasteiger partial charge in [-0.1, -0.05) is 86.3 Å². The lowest BCUT2D eigenvalue weighted by Crippen LogP contribution is -2.36. The number of nitrogens with one attached hydrogen (secondary N) is 1. The maximum absolute atomic E-state index is 13.2. The van der Waals surface area contributed by atoms with E-state index >= 15 is 0 Å². The van der Waals surface area contributed by atoms with Gasteiger partial charge in [0.2, 0.25) is 11.1 Å². The van der Waals surface area contributed by atoms with Crippen LogP contribution in [0.25, 0.3) is 0 Å².